The van der Waals surface area contributed by atoms with Gasteiger partial charge in [-0.3, -0.25) is 5.10 Å². The second-order valence-electron chi connectivity index (χ2n) is 5.29. The average molecular weight is 259 g/mol. The van der Waals surface area contributed by atoms with Gasteiger partial charge in [-0.2, -0.15) is 5.10 Å². The number of aryl methyl sites for hydroxylation is 1. The maximum Gasteiger partial charge on any atom is 0.126 e. The van der Waals surface area contributed by atoms with Crippen LogP contribution in [-0.2, 0) is 6.54 Å². The molecule has 0 saturated heterocycles. The molecule has 1 aromatic heterocycles. The van der Waals surface area contributed by atoms with E-state index in [1.807, 2.05) is 25.3 Å². The third kappa shape index (κ3) is 2.54. The highest BCUT2D eigenvalue weighted by molar-refractivity contribution is 5.25. The topological polar surface area (TPSA) is 40.7 Å². The lowest BCUT2D eigenvalue weighted by molar-refractivity contribution is 0.284. The van der Waals surface area contributed by atoms with Crippen LogP contribution in [0.5, 0.6) is 0 Å². The quantitative estimate of drug-likeness (QED) is 0.886. The Bertz CT molecular complexity index is 558. The minimum Gasteiger partial charge on any atom is -0.310 e. The van der Waals surface area contributed by atoms with Gasteiger partial charge in [-0.15, -0.1) is 0 Å². The maximum atomic E-state index is 13.6. The molecule has 0 aliphatic heterocycles. The zero-order valence-corrected chi connectivity index (χ0v) is 11.0. The van der Waals surface area contributed by atoms with Gasteiger partial charge in [0.15, 0.2) is 0 Å². The van der Waals surface area contributed by atoms with Crippen molar-refractivity contribution in [2.45, 2.75) is 38.3 Å². The summed E-state index contributed by atoms with van der Waals surface area (Å²) in [6.07, 6.45) is 3.88. The van der Waals surface area contributed by atoms with E-state index in [4.69, 9.17) is 0 Å². The van der Waals surface area contributed by atoms with Crippen molar-refractivity contribution in [3.63, 3.8) is 0 Å². The van der Waals surface area contributed by atoms with Crippen LogP contribution in [0.25, 0.3) is 0 Å². The highest BCUT2D eigenvalue weighted by Gasteiger charge is 2.31. The van der Waals surface area contributed by atoms with Gasteiger partial charge in [0.05, 0.1) is 6.20 Å². The van der Waals surface area contributed by atoms with Crippen molar-refractivity contribution in [2.24, 2.45) is 0 Å². The molecule has 0 atom stereocenters. The number of hydrogen-bond donors (Lipinski definition) is 2. The van der Waals surface area contributed by atoms with Gasteiger partial charge >= 0.3 is 0 Å². The van der Waals surface area contributed by atoms with Crippen LogP contribution in [0.15, 0.2) is 30.5 Å². The Hall–Kier alpha value is -1.68. The molecule has 3 rings (SSSR count). The summed E-state index contributed by atoms with van der Waals surface area (Å²) < 4.78 is 13.6. The molecule has 1 aromatic carbocycles. The Kier molecular flexibility index (Phi) is 3.34. The first-order valence-electron chi connectivity index (χ1n) is 6.70. The standard InChI is InChI=1S/C15H18FN3/c1-10-12(9-18-19-10)8-17-13-6-11(7-13)14-4-2-3-5-15(14)16/h2-5,9,11,13,17H,6-8H2,1H3,(H,18,19). The molecular formula is C15H18FN3. The van der Waals surface area contributed by atoms with E-state index in [1.54, 1.807) is 12.1 Å². The van der Waals surface area contributed by atoms with Crippen LogP contribution in [-0.4, -0.2) is 16.2 Å². The van der Waals surface area contributed by atoms with Gasteiger partial charge in [-0.05, 0) is 37.3 Å². The Balaban J connectivity index is 1.51. The van der Waals surface area contributed by atoms with Gasteiger partial charge in [0.25, 0.3) is 0 Å². The Labute approximate surface area is 112 Å². The maximum absolute atomic E-state index is 13.6. The van der Waals surface area contributed by atoms with Crippen molar-refractivity contribution in [3.05, 3.63) is 53.1 Å². The molecule has 2 N–H and O–H groups in total. The van der Waals surface area contributed by atoms with Gasteiger partial charge in [0, 0.05) is 23.8 Å². The fourth-order valence-electron chi connectivity index (χ4n) is 2.65. The van der Waals surface area contributed by atoms with E-state index in [1.165, 1.54) is 5.56 Å². The average Bonchev–Trinajstić information content (AvgIpc) is 2.75. The zero-order chi connectivity index (χ0) is 13.2. The summed E-state index contributed by atoms with van der Waals surface area (Å²) >= 11 is 0. The van der Waals surface area contributed by atoms with Gasteiger partial charge in [-0.1, -0.05) is 18.2 Å². The number of nitrogens with zero attached hydrogens (tertiary/aromatic N) is 1. The van der Waals surface area contributed by atoms with Crippen molar-refractivity contribution in [3.8, 4) is 0 Å². The van der Waals surface area contributed by atoms with E-state index in [0.29, 0.717) is 12.0 Å². The molecule has 0 radical (unpaired) electrons. The Morgan fingerprint density at radius 2 is 2.16 bits per heavy atom. The van der Waals surface area contributed by atoms with Gasteiger partial charge in [-0.25, -0.2) is 4.39 Å². The normalized spacial score (nSPS) is 22.2. The minimum absolute atomic E-state index is 0.0726. The number of benzene rings is 1. The molecule has 1 aliphatic rings. The SMILES string of the molecule is Cc1[nH]ncc1CNC1CC(c2ccccc2F)C1. The first-order valence-corrected chi connectivity index (χ1v) is 6.70. The first kappa shape index (κ1) is 12.4. The number of hydrogen-bond acceptors (Lipinski definition) is 2. The van der Waals surface area contributed by atoms with Crippen LogP contribution in [0.1, 0.15) is 35.6 Å². The molecule has 4 heteroatoms. The lowest BCUT2D eigenvalue weighted by Gasteiger charge is -2.36. The lowest BCUT2D eigenvalue weighted by Crippen LogP contribution is -2.39. The zero-order valence-electron chi connectivity index (χ0n) is 11.0. The summed E-state index contributed by atoms with van der Waals surface area (Å²) in [5.74, 6) is 0.292. The van der Waals surface area contributed by atoms with Crippen molar-refractivity contribution < 1.29 is 4.39 Å². The van der Waals surface area contributed by atoms with Crippen molar-refractivity contribution in [1.29, 1.82) is 0 Å². The molecule has 0 bridgehead atoms. The first-order chi connectivity index (χ1) is 9.24. The predicted molar refractivity (Wildman–Crippen MR) is 72.3 cm³/mol. The van der Waals surface area contributed by atoms with E-state index in [2.05, 4.69) is 15.5 Å². The number of rotatable bonds is 4. The van der Waals surface area contributed by atoms with Crippen LogP contribution in [0.2, 0.25) is 0 Å². The fourth-order valence-corrected chi connectivity index (χ4v) is 2.65. The van der Waals surface area contributed by atoms with Crippen LogP contribution in [0.4, 0.5) is 4.39 Å². The number of aromatic nitrogens is 2. The lowest BCUT2D eigenvalue weighted by atomic mass is 9.75. The summed E-state index contributed by atoms with van der Waals surface area (Å²) in [4.78, 5) is 0. The summed E-state index contributed by atoms with van der Waals surface area (Å²) in [5, 5.41) is 10.4. The van der Waals surface area contributed by atoms with E-state index in [-0.39, 0.29) is 5.82 Å². The van der Waals surface area contributed by atoms with Crippen LogP contribution < -0.4 is 5.32 Å². The molecule has 0 amide bonds. The van der Waals surface area contributed by atoms with Crippen molar-refractivity contribution >= 4 is 0 Å². The molecular weight excluding hydrogens is 241 g/mol. The van der Waals surface area contributed by atoms with E-state index < -0.39 is 0 Å². The summed E-state index contributed by atoms with van der Waals surface area (Å²) in [6.45, 7) is 2.85. The van der Waals surface area contributed by atoms with Crippen LogP contribution in [0, 0.1) is 12.7 Å². The third-order valence-electron chi connectivity index (χ3n) is 4.00. The Morgan fingerprint density at radius 1 is 1.37 bits per heavy atom. The molecule has 1 fully saturated rings. The van der Waals surface area contributed by atoms with Crippen LogP contribution in [0.3, 0.4) is 0 Å². The van der Waals surface area contributed by atoms with E-state index >= 15 is 0 Å². The number of H-pyrrole nitrogens is 1. The van der Waals surface area contributed by atoms with E-state index in [0.717, 1.165) is 30.6 Å². The molecule has 3 nitrogen and oxygen atoms in total. The molecule has 19 heavy (non-hydrogen) atoms. The molecule has 1 saturated carbocycles. The largest absolute Gasteiger partial charge is 0.310 e. The summed E-state index contributed by atoms with van der Waals surface area (Å²) in [6, 6.07) is 7.59. The molecule has 0 spiro atoms. The Morgan fingerprint density at radius 3 is 2.84 bits per heavy atom. The summed E-state index contributed by atoms with van der Waals surface area (Å²) in [5.41, 5.74) is 3.17. The van der Waals surface area contributed by atoms with Gasteiger partial charge in [0.1, 0.15) is 5.82 Å². The number of aromatic amines is 1. The third-order valence-corrected chi connectivity index (χ3v) is 4.00. The molecule has 1 aliphatic carbocycles. The predicted octanol–water partition coefficient (Wildman–Crippen LogP) is 2.89. The van der Waals surface area contributed by atoms with Crippen LogP contribution >= 0.6 is 0 Å². The van der Waals surface area contributed by atoms with Gasteiger partial charge < -0.3 is 5.32 Å². The molecule has 100 valence electrons. The molecule has 0 unspecified atom stereocenters. The van der Waals surface area contributed by atoms with Crippen molar-refractivity contribution in [1.82, 2.24) is 15.5 Å². The van der Waals surface area contributed by atoms with Gasteiger partial charge in [0.2, 0.25) is 0 Å². The number of halogens is 1. The molecule has 2 aromatic rings. The smallest absolute Gasteiger partial charge is 0.126 e. The fraction of sp³-hybridized carbons (Fsp3) is 0.400. The minimum atomic E-state index is -0.0726. The number of nitrogens with one attached hydrogen (secondary N) is 2. The second-order valence-corrected chi connectivity index (χ2v) is 5.29. The monoisotopic (exact) mass is 259 g/mol. The van der Waals surface area contributed by atoms with E-state index in [9.17, 15) is 4.39 Å². The highest BCUT2D eigenvalue weighted by Crippen LogP contribution is 2.38. The second kappa shape index (κ2) is 5.13. The highest BCUT2D eigenvalue weighted by atomic mass is 19.1. The van der Waals surface area contributed by atoms with Crippen molar-refractivity contribution in [2.75, 3.05) is 0 Å². The summed E-state index contributed by atoms with van der Waals surface area (Å²) in [7, 11) is 0. The molecule has 1 heterocycles.